The predicted molar refractivity (Wildman–Crippen MR) is 82.6 cm³/mol. The van der Waals surface area contributed by atoms with E-state index in [2.05, 4.69) is 15.5 Å². The van der Waals surface area contributed by atoms with Crippen molar-refractivity contribution in [2.24, 2.45) is 0 Å². The normalized spacial score (nSPS) is 10.6. The molecule has 21 heavy (non-hydrogen) atoms. The van der Waals surface area contributed by atoms with Crippen molar-refractivity contribution in [3.63, 3.8) is 0 Å². The number of nitrogens with zero attached hydrogens (tertiary/aromatic N) is 2. The van der Waals surface area contributed by atoms with Crippen LogP contribution in [-0.2, 0) is 11.3 Å². The van der Waals surface area contributed by atoms with Crippen LogP contribution in [0.4, 0.5) is 0 Å². The molecule has 3 N–H and O–H groups in total. The molecule has 1 amide bonds. The van der Waals surface area contributed by atoms with E-state index in [1.54, 1.807) is 16.7 Å². The molecule has 0 unspecified atom stereocenters. The molecule has 6 nitrogen and oxygen atoms in total. The van der Waals surface area contributed by atoms with Crippen molar-refractivity contribution in [3.8, 4) is 11.4 Å². The van der Waals surface area contributed by atoms with Gasteiger partial charge in [0.05, 0.1) is 0 Å². The Kier molecular flexibility index (Phi) is 5.49. The van der Waals surface area contributed by atoms with Crippen LogP contribution in [0.25, 0.3) is 11.4 Å². The summed E-state index contributed by atoms with van der Waals surface area (Å²) in [5, 5.41) is 18.9. The van der Waals surface area contributed by atoms with Gasteiger partial charge < -0.3 is 10.4 Å². The highest BCUT2D eigenvalue weighted by Crippen LogP contribution is 2.19. The van der Waals surface area contributed by atoms with Gasteiger partial charge in [0.25, 0.3) is 0 Å². The summed E-state index contributed by atoms with van der Waals surface area (Å²) < 4.78 is 1.99. The average molecular weight is 327 g/mol. The summed E-state index contributed by atoms with van der Waals surface area (Å²) in [6, 6.07) is 7.13. The minimum Gasteiger partial charge on any atom is -0.396 e. The van der Waals surface area contributed by atoms with Crippen molar-refractivity contribution >= 4 is 29.7 Å². The number of aliphatic hydroxyl groups is 1. The van der Waals surface area contributed by atoms with Gasteiger partial charge in [0.15, 0.2) is 10.6 Å². The molecule has 0 fully saturated rings. The number of H-pyrrole nitrogens is 1. The standard InChI is InChI=1S/C13H15ClN4O2S/c14-10-4-2-9(3-5-10)12-16-17-13(21)18(12)8-11(20)15-6-1-7-19/h2-5,19H,1,6-8H2,(H,15,20)(H,17,21). The summed E-state index contributed by atoms with van der Waals surface area (Å²) in [6.45, 7) is 0.539. The molecule has 8 heteroatoms. The maximum absolute atomic E-state index is 11.9. The van der Waals surface area contributed by atoms with E-state index < -0.39 is 0 Å². The number of aliphatic hydroxyl groups excluding tert-OH is 1. The molecule has 0 saturated heterocycles. The quantitative estimate of drug-likeness (QED) is 0.558. The molecule has 0 aliphatic rings. The number of rotatable bonds is 6. The fraction of sp³-hybridized carbons (Fsp3) is 0.308. The van der Waals surface area contributed by atoms with E-state index >= 15 is 0 Å². The van der Waals surface area contributed by atoms with Crippen LogP contribution in [0.5, 0.6) is 0 Å². The van der Waals surface area contributed by atoms with Gasteiger partial charge in [-0.2, -0.15) is 5.10 Å². The monoisotopic (exact) mass is 326 g/mol. The van der Waals surface area contributed by atoms with Crippen molar-refractivity contribution in [3.05, 3.63) is 34.1 Å². The van der Waals surface area contributed by atoms with E-state index in [4.69, 9.17) is 28.9 Å². The molecular formula is C13H15ClN4O2S. The van der Waals surface area contributed by atoms with Gasteiger partial charge in [-0.1, -0.05) is 11.6 Å². The van der Waals surface area contributed by atoms with Crippen LogP contribution in [0, 0.1) is 4.77 Å². The smallest absolute Gasteiger partial charge is 0.240 e. The second kappa shape index (κ2) is 7.35. The Morgan fingerprint density at radius 2 is 2.14 bits per heavy atom. The first kappa shape index (κ1) is 15.7. The number of hydrogen-bond donors (Lipinski definition) is 3. The third kappa shape index (κ3) is 4.13. The Hall–Kier alpha value is -1.70. The third-order valence-corrected chi connectivity index (χ3v) is 3.38. The topological polar surface area (TPSA) is 82.9 Å². The van der Waals surface area contributed by atoms with Crippen molar-refractivity contribution in [2.45, 2.75) is 13.0 Å². The third-order valence-electron chi connectivity index (χ3n) is 2.82. The first-order valence-electron chi connectivity index (χ1n) is 6.40. The van der Waals surface area contributed by atoms with Crippen LogP contribution >= 0.6 is 23.8 Å². The second-order valence-corrected chi connectivity index (χ2v) is 5.20. The lowest BCUT2D eigenvalue weighted by molar-refractivity contribution is -0.121. The SMILES string of the molecule is O=C(Cn1c(-c2ccc(Cl)cc2)n[nH]c1=S)NCCCO. The van der Waals surface area contributed by atoms with Crippen molar-refractivity contribution < 1.29 is 9.90 Å². The van der Waals surface area contributed by atoms with Crippen molar-refractivity contribution in [1.82, 2.24) is 20.1 Å². The zero-order chi connectivity index (χ0) is 15.2. The van der Waals surface area contributed by atoms with E-state index in [-0.39, 0.29) is 19.1 Å². The van der Waals surface area contributed by atoms with Crippen LogP contribution < -0.4 is 5.32 Å². The summed E-state index contributed by atoms with van der Waals surface area (Å²) in [4.78, 5) is 11.9. The molecule has 0 bridgehead atoms. The van der Waals surface area contributed by atoms with Gasteiger partial charge in [0.1, 0.15) is 6.54 Å². The Morgan fingerprint density at radius 1 is 1.43 bits per heavy atom. The van der Waals surface area contributed by atoms with Crippen LogP contribution in [0.1, 0.15) is 6.42 Å². The van der Waals surface area contributed by atoms with Gasteiger partial charge >= 0.3 is 0 Å². The summed E-state index contributed by atoms with van der Waals surface area (Å²) in [5.74, 6) is 0.394. The molecule has 1 heterocycles. The van der Waals surface area contributed by atoms with E-state index in [0.717, 1.165) is 5.56 Å². The van der Waals surface area contributed by atoms with E-state index in [1.807, 2.05) is 12.1 Å². The number of hydrogen-bond acceptors (Lipinski definition) is 4. The molecule has 112 valence electrons. The molecule has 0 radical (unpaired) electrons. The van der Waals surface area contributed by atoms with E-state index in [1.165, 1.54) is 0 Å². The fourth-order valence-corrected chi connectivity index (χ4v) is 2.11. The predicted octanol–water partition coefficient (Wildman–Crippen LogP) is 1.76. The zero-order valence-electron chi connectivity index (χ0n) is 11.2. The number of aromatic amines is 1. The second-order valence-electron chi connectivity index (χ2n) is 4.37. The molecule has 2 aromatic rings. The Bertz CT molecular complexity index is 666. The van der Waals surface area contributed by atoms with Gasteiger partial charge in [0.2, 0.25) is 5.91 Å². The highest BCUT2D eigenvalue weighted by atomic mass is 35.5. The zero-order valence-corrected chi connectivity index (χ0v) is 12.7. The summed E-state index contributed by atoms with van der Waals surface area (Å²) >= 11 is 11.0. The molecule has 0 aliphatic carbocycles. The lowest BCUT2D eigenvalue weighted by Gasteiger charge is -2.08. The maximum Gasteiger partial charge on any atom is 0.240 e. The Labute approximate surface area is 131 Å². The van der Waals surface area contributed by atoms with Crippen LogP contribution in [0.3, 0.4) is 0 Å². The number of amides is 1. The number of carbonyl (C=O) groups excluding carboxylic acids is 1. The number of aromatic nitrogens is 3. The Morgan fingerprint density at radius 3 is 2.81 bits per heavy atom. The minimum absolute atomic E-state index is 0.0431. The van der Waals surface area contributed by atoms with Crippen molar-refractivity contribution in [1.29, 1.82) is 0 Å². The van der Waals surface area contributed by atoms with Crippen LogP contribution in [0.2, 0.25) is 5.02 Å². The highest BCUT2D eigenvalue weighted by molar-refractivity contribution is 7.71. The van der Waals surface area contributed by atoms with Gasteiger partial charge in [-0.15, -0.1) is 0 Å². The summed E-state index contributed by atoms with van der Waals surface area (Å²) in [5.41, 5.74) is 0.815. The Balaban J connectivity index is 2.17. The summed E-state index contributed by atoms with van der Waals surface area (Å²) in [7, 11) is 0. The number of benzene rings is 1. The molecule has 1 aromatic heterocycles. The molecule has 0 spiro atoms. The molecule has 1 aromatic carbocycles. The van der Waals surface area contributed by atoms with Crippen LogP contribution in [-0.4, -0.2) is 38.9 Å². The fourth-order valence-electron chi connectivity index (χ4n) is 1.79. The molecular weight excluding hydrogens is 312 g/mol. The maximum atomic E-state index is 11.9. The number of nitrogens with one attached hydrogen (secondary N) is 2. The van der Waals surface area contributed by atoms with Crippen LogP contribution in [0.15, 0.2) is 24.3 Å². The number of halogens is 1. The largest absolute Gasteiger partial charge is 0.396 e. The van der Waals surface area contributed by atoms with E-state index in [9.17, 15) is 4.79 Å². The number of carbonyl (C=O) groups is 1. The van der Waals surface area contributed by atoms with Gasteiger partial charge in [-0.3, -0.25) is 14.5 Å². The van der Waals surface area contributed by atoms with E-state index in [0.29, 0.717) is 28.6 Å². The molecule has 0 atom stereocenters. The minimum atomic E-state index is -0.184. The van der Waals surface area contributed by atoms with Gasteiger partial charge in [-0.05, 0) is 42.9 Å². The average Bonchev–Trinajstić information content (AvgIpc) is 2.82. The lowest BCUT2D eigenvalue weighted by Crippen LogP contribution is -2.29. The highest BCUT2D eigenvalue weighted by Gasteiger charge is 2.12. The first-order chi connectivity index (χ1) is 10.1. The van der Waals surface area contributed by atoms with Gasteiger partial charge in [0, 0.05) is 23.7 Å². The molecule has 0 aliphatic heterocycles. The molecule has 0 saturated carbocycles. The van der Waals surface area contributed by atoms with Gasteiger partial charge in [-0.25, -0.2) is 0 Å². The van der Waals surface area contributed by atoms with Crippen molar-refractivity contribution in [2.75, 3.05) is 13.2 Å². The first-order valence-corrected chi connectivity index (χ1v) is 7.19. The lowest BCUT2D eigenvalue weighted by atomic mass is 10.2. The molecule has 2 rings (SSSR count). The summed E-state index contributed by atoms with van der Waals surface area (Å²) in [6.07, 6.45) is 0.520.